The highest BCUT2D eigenvalue weighted by Crippen LogP contribution is 2.31. The fourth-order valence-electron chi connectivity index (χ4n) is 1.21. The lowest BCUT2D eigenvalue weighted by atomic mass is 10.2. The quantitative estimate of drug-likeness (QED) is 0.798. The summed E-state index contributed by atoms with van der Waals surface area (Å²) < 4.78 is 1.14. The van der Waals surface area contributed by atoms with Gasteiger partial charge in [0.2, 0.25) is 0 Å². The predicted molar refractivity (Wildman–Crippen MR) is 72.5 cm³/mol. The smallest absolute Gasteiger partial charge is 0.124 e. The van der Waals surface area contributed by atoms with Gasteiger partial charge in [0.1, 0.15) is 4.38 Å². The van der Waals surface area contributed by atoms with E-state index in [0.717, 1.165) is 38.0 Å². The van der Waals surface area contributed by atoms with Crippen LogP contribution >= 0.6 is 46.7 Å². The lowest BCUT2D eigenvalue weighted by Gasteiger charge is -2.05. The van der Waals surface area contributed by atoms with Gasteiger partial charge in [-0.3, -0.25) is 4.99 Å². The first-order valence-electron chi connectivity index (χ1n) is 4.50. The van der Waals surface area contributed by atoms with Crippen molar-refractivity contribution in [2.75, 3.05) is 12.3 Å². The lowest BCUT2D eigenvalue weighted by molar-refractivity contribution is 1.18. The molecule has 5 heteroatoms. The summed E-state index contributed by atoms with van der Waals surface area (Å²) in [5, 5.41) is 1.47. The average Bonchev–Trinajstić information content (AvgIpc) is 2.70. The number of thioether (sulfide) groups is 2. The number of aliphatic imine (C=N–C) groups is 1. The highest BCUT2D eigenvalue weighted by Gasteiger charge is 2.10. The third-order valence-electron chi connectivity index (χ3n) is 1.96. The van der Waals surface area contributed by atoms with Crippen LogP contribution in [0, 0.1) is 0 Å². The summed E-state index contributed by atoms with van der Waals surface area (Å²) in [6.45, 7) is 0.934. The molecule has 0 N–H and O–H groups in total. The average molecular weight is 278 g/mol. The molecule has 1 heterocycles. The zero-order valence-electron chi connectivity index (χ0n) is 7.87. The highest BCUT2D eigenvalue weighted by molar-refractivity contribution is 8.38. The Balaban J connectivity index is 2.04. The molecule has 0 amide bonds. The molecule has 1 aliphatic rings. The van der Waals surface area contributed by atoms with Gasteiger partial charge in [-0.25, -0.2) is 0 Å². The molecule has 0 aliphatic carbocycles. The molecule has 0 spiro atoms. The number of nitrogens with zero attached hydrogens (tertiary/aromatic N) is 1. The van der Waals surface area contributed by atoms with E-state index in [1.807, 2.05) is 18.2 Å². The maximum Gasteiger partial charge on any atom is 0.124 e. The number of benzene rings is 1. The van der Waals surface area contributed by atoms with E-state index in [1.165, 1.54) is 0 Å². The molecule has 0 aromatic heterocycles. The molecular formula is C10H9Cl2NS2. The van der Waals surface area contributed by atoms with Crippen LogP contribution in [0.3, 0.4) is 0 Å². The standard InChI is InChI=1S/C10H9Cl2NS2/c11-8-2-1-3-9(12)7(8)6-15-10-13-4-5-14-10/h1-3H,4-6H2. The highest BCUT2D eigenvalue weighted by atomic mass is 35.5. The summed E-state index contributed by atoms with van der Waals surface area (Å²) in [5.41, 5.74) is 1.00. The maximum atomic E-state index is 6.07. The molecule has 1 aliphatic heterocycles. The Morgan fingerprint density at radius 2 is 2.07 bits per heavy atom. The van der Waals surface area contributed by atoms with E-state index >= 15 is 0 Å². The molecule has 0 saturated carbocycles. The van der Waals surface area contributed by atoms with E-state index in [9.17, 15) is 0 Å². The normalized spacial score (nSPS) is 15.5. The zero-order chi connectivity index (χ0) is 10.7. The molecule has 80 valence electrons. The van der Waals surface area contributed by atoms with Gasteiger partial charge >= 0.3 is 0 Å². The number of halogens is 2. The van der Waals surface area contributed by atoms with Crippen molar-refractivity contribution < 1.29 is 0 Å². The van der Waals surface area contributed by atoms with Gasteiger partial charge in [0, 0.05) is 21.6 Å². The van der Waals surface area contributed by atoms with Crippen LogP contribution in [0.4, 0.5) is 0 Å². The number of hydrogen-bond acceptors (Lipinski definition) is 3. The summed E-state index contributed by atoms with van der Waals surface area (Å²) >= 11 is 15.7. The Bertz CT molecular complexity index is 373. The van der Waals surface area contributed by atoms with Gasteiger partial charge in [0.25, 0.3) is 0 Å². The fraction of sp³-hybridized carbons (Fsp3) is 0.300. The minimum Gasteiger partial charge on any atom is -0.271 e. The maximum absolute atomic E-state index is 6.07. The third kappa shape index (κ3) is 3.06. The van der Waals surface area contributed by atoms with Crippen molar-refractivity contribution in [3.8, 4) is 0 Å². The first-order chi connectivity index (χ1) is 7.27. The molecule has 2 rings (SSSR count). The Hall–Kier alpha value is 0.170. The van der Waals surface area contributed by atoms with Crippen LogP contribution in [0.1, 0.15) is 5.56 Å². The third-order valence-corrected chi connectivity index (χ3v) is 4.95. The van der Waals surface area contributed by atoms with Gasteiger partial charge in [-0.05, 0) is 17.7 Å². The molecule has 0 atom stereocenters. The van der Waals surface area contributed by atoms with E-state index in [0.29, 0.717) is 0 Å². The second-order valence-electron chi connectivity index (χ2n) is 2.98. The summed E-state index contributed by atoms with van der Waals surface area (Å²) in [4.78, 5) is 4.37. The Morgan fingerprint density at radius 1 is 1.33 bits per heavy atom. The number of hydrogen-bond donors (Lipinski definition) is 0. The topological polar surface area (TPSA) is 12.4 Å². The first kappa shape index (κ1) is 11.6. The van der Waals surface area contributed by atoms with Crippen molar-refractivity contribution in [1.82, 2.24) is 0 Å². The minimum atomic E-state index is 0.735. The molecule has 0 saturated heterocycles. The molecule has 1 nitrogen and oxygen atoms in total. The van der Waals surface area contributed by atoms with E-state index in [2.05, 4.69) is 4.99 Å². The van der Waals surface area contributed by atoms with E-state index < -0.39 is 0 Å². The summed E-state index contributed by atoms with van der Waals surface area (Å²) in [5.74, 6) is 1.89. The monoisotopic (exact) mass is 277 g/mol. The van der Waals surface area contributed by atoms with Crippen molar-refractivity contribution in [1.29, 1.82) is 0 Å². The van der Waals surface area contributed by atoms with Crippen LogP contribution in [0.5, 0.6) is 0 Å². The van der Waals surface area contributed by atoms with Gasteiger partial charge in [-0.1, -0.05) is 52.8 Å². The van der Waals surface area contributed by atoms with Gasteiger partial charge in [-0.2, -0.15) is 0 Å². The second-order valence-corrected chi connectivity index (χ2v) is 6.11. The van der Waals surface area contributed by atoms with Gasteiger partial charge < -0.3 is 0 Å². The molecule has 1 aromatic carbocycles. The van der Waals surface area contributed by atoms with Crippen molar-refractivity contribution in [2.24, 2.45) is 4.99 Å². The predicted octanol–water partition coefficient (Wildman–Crippen LogP) is 4.33. The van der Waals surface area contributed by atoms with E-state index in [1.54, 1.807) is 23.5 Å². The molecular weight excluding hydrogens is 269 g/mol. The van der Waals surface area contributed by atoms with Crippen molar-refractivity contribution in [3.05, 3.63) is 33.8 Å². The van der Waals surface area contributed by atoms with Crippen LogP contribution < -0.4 is 0 Å². The SMILES string of the molecule is Clc1cccc(Cl)c1CSC1=NCCS1. The molecule has 0 unspecified atom stereocenters. The lowest BCUT2D eigenvalue weighted by Crippen LogP contribution is -1.87. The van der Waals surface area contributed by atoms with Crippen molar-refractivity contribution in [3.63, 3.8) is 0 Å². The fourth-order valence-corrected chi connectivity index (χ4v) is 3.96. The van der Waals surface area contributed by atoms with Crippen molar-refractivity contribution in [2.45, 2.75) is 5.75 Å². The van der Waals surface area contributed by atoms with E-state index in [-0.39, 0.29) is 0 Å². The van der Waals surface area contributed by atoms with E-state index in [4.69, 9.17) is 23.2 Å². The number of rotatable bonds is 2. The van der Waals surface area contributed by atoms with Crippen LogP contribution in [-0.4, -0.2) is 16.7 Å². The summed E-state index contributed by atoms with van der Waals surface area (Å²) in [6.07, 6.45) is 0. The Morgan fingerprint density at radius 3 is 2.67 bits per heavy atom. The molecule has 0 radical (unpaired) electrons. The Labute approximate surface area is 108 Å². The van der Waals surface area contributed by atoms with Crippen LogP contribution in [0.25, 0.3) is 0 Å². The minimum absolute atomic E-state index is 0.735. The summed E-state index contributed by atoms with van der Waals surface area (Å²) in [7, 11) is 0. The van der Waals surface area contributed by atoms with Crippen LogP contribution in [0.15, 0.2) is 23.2 Å². The Kier molecular flexibility index (Phi) is 4.26. The molecule has 0 fully saturated rings. The van der Waals surface area contributed by atoms with Crippen molar-refractivity contribution >= 4 is 51.1 Å². The van der Waals surface area contributed by atoms with Gasteiger partial charge in [-0.15, -0.1) is 0 Å². The van der Waals surface area contributed by atoms with Crippen LogP contribution in [-0.2, 0) is 5.75 Å². The molecule has 15 heavy (non-hydrogen) atoms. The summed E-state index contributed by atoms with van der Waals surface area (Å²) in [6, 6.07) is 5.60. The largest absolute Gasteiger partial charge is 0.271 e. The van der Waals surface area contributed by atoms with Crippen LogP contribution in [0.2, 0.25) is 10.0 Å². The molecule has 0 bridgehead atoms. The zero-order valence-corrected chi connectivity index (χ0v) is 11.0. The second kappa shape index (κ2) is 5.48. The van der Waals surface area contributed by atoms with Gasteiger partial charge in [0.05, 0.1) is 6.54 Å². The first-order valence-corrected chi connectivity index (χ1v) is 7.23. The van der Waals surface area contributed by atoms with Gasteiger partial charge in [0.15, 0.2) is 0 Å². The molecule has 1 aromatic rings.